The van der Waals surface area contributed by atoms with Crippen molar-refractivity contribution < 1.29 is 14.3 Å². The number of benzene rings is 4. The van der Waals surface area contributed by atoms with Crippen LogP contribution in [-0.2, 0) is 22.7 Å². The molecule has 0 aliphatic carbocycles. The Balaban J connectivity index is 1.48. The lowest BCUT2D eigenvalue weighted by molar-refractivity contribution is -0.141. The number of imidazole rings is 1. The predicted molar refractivity (Wildman–Crippen MR) is 125 cm³/mol. The number of hydrogen-bond donors (Lipinski definition) is 0. The van der Waals surface area contributed by atoms with Crippen LogP contribution < -0.4 is 4.74 Å². The Morgan fingerprint density at radius 1 is 0.875 bits per heavy atom. The van der Waals surface area contributed by atoms with Crippen LogP contribution in [0.2, 0.25) is 0 Å². The van der Waals surface area contributed by atoms with Gasteiger partial charge in [0.25, 0.3) is 0 Å². The average molecular weight is 422 g/mol. The minimum atomic E-state index is -0.310. The van der Waals surface area contributed by atoms with Gasteiger partial charge in [-0.05, 0) is 46.7 Å². The molecule has 0 atom stereocenters. The zero-order valence-corrected chi connectivity index (χ0v) is 17.7. The van der Waals surface area contributed by atoms with Crippen LogP contribution in [-0.4, -0.2) is 22.6 Å². The fourth-order valence-corrected chi connectivity index (χ4v) is 3.84. The minimum absolute atomic E-state index is 0.108. The molecule has 32 heavy (non-hydrogen) atoms. The van der Waals surface area contributed by atoms with Gasteiger partial charge in [-0.15, -0.1) is 0 Å². The van der Waals surface area contributed by atoms with Crippen LogP contribution in [0.25, 0.3) is 33.2 Å². The van der Waals surface area contributed by atoms with Crippen molar-refractivity contribution in [3.63, 3.8) is 0 Å². The van der Waals surface area contributed by atoms with Crippen LogP contribution in [0.5, 0.6) is 5.75 Å². The van der Waals surface area contributed by atoms with E-state index in [-0.39, 0.29) is 12.5 Å². The van der Waals surface area contributed by atoms with Crippen LogP contribution >= 0.6 is 0 Å². The molecule has 0 aliphatic rings. The second-order valence-corrected chi connectivity index (χ2v) is 7.58. The maximum absolute atomic E-state index is 12.0. The van der Waals surface area contributed by atoms with Gasteiger partial charge in [-0.3, -0.25) is 4.79 Å². The smallest absolute Gasteiger partial charge is 0.325 e. The predicted octanol–water partition coefficient (Wildman–Crippen LogP) is 5.61. The summed E-state index contributed by atoms with van der Waals surface area (Å²) in [6, 6.07) is 30.2. The highest BCUT2D eigenvalue weighted by Gasteiger charge is 2.15. The van der Waals surface area contributed by atoms with E-state index in [1.54, 1.807) is 0 Å². The Morgan fingerprint density at radius 3 is 2.47 bits per heavy atom. The Hall–Kier alpha value is -4.12. The largest absolute Gasteiger partial charge is 0.489 e. The molecule has 158 valence electrons. The highest BCUT2D eigenvalue weighted by atomic mass is 16.5. The molecule has 0 saturated carbocycles. The van der Waals surface area contributed by atoms with Crippen LogP contribution in [0.1, 0.15) is 5.56 Å². The summed E-state index contributed by atoms with van der Waals surface area (Å²) in [5.74, 6) is 1.25. The third-order valence-corrected chi connectivity index (χ3v) is 5.49. The molecule has 5 rings (SSSR count). The summed E-state index contributed by atoms with van der Waals surface area (Å²) in [5, 5.41) is 2.15. The molecule has 0 radical (unpaired) electrons. The number of rotatable bonds is 6. The Bertz CT molecular complexity index is 1410. The van der Waals surface area contributed by atoms with Crippen molar-refractivity contribution in [3.05, 3.63) is 96.6 Å². The fraction of sp³-hybridized carbons (Fsp3) is 0.111. The van der Waals surface area contributed by atoms with E-state index in [9.17, 15) is 4.79 Å². The number of hydrogen-bond acceptors (Lipinski definition) is 4. The zero-order valence-electron chi connectivity index (χ0n) is 17.7. The van der Waals surface area contributed by atoms with Crippen LogP contribution in [0.15, 0.2) is 91.0 Å². The summed E-state index contributed by atoms with van der Waals surface area (Å²) in [7, 11) is 1.40. The molecular weight excluding hydrogens is 400 g/mol. The quantitative estimate of drug-likeness (QED) is 0.334. The molecule has 5 nitrogen and oxygen atoms in total. The first-order valence-corrected chi connectivity index (χ1v) is 10.4. The third-order valence-electron chi connectivity index (χ3n) is 5.49. The maximum atomic E-state index is 12.0. The number of fused-ring (bicyclic) bond motifs is 2. The van der Waals surface area contributed by atoms with Crippen LogP contribution in [0.4, 0.5) is 0 Å². The molecule has 0 aliphatic heterocycles. The van der Waals surface area contributed by atoms with Crippen molar-refractivity contribution in [1.29, 1.82) is 0 Å². The summed E-state index contributed by atoms with van der Waals surface area (Å²) in [4.78, 5) is 16.8. The Labute approximate surface area is 185 Å². The van der Waals surface area contributed by atoms with E-state index in [0.29, 0.717) is 6.61 Å². The Kier molecular flexibility index (Phi) is 5.30. The minimum Gasteiger partial charge on any atom is -0.489 e. The number of ether oxygens (including phenoxy) is 2. The lowest BCUT2D eigenvalue weighted by Crippen LogP contribution is -2.12. The molecule has 0 spiro atoms. The van der Waals surface area contributed by atoms with Gasteiger partial charge in [-0.1, -0.05) is 60.7 Å². The van der Waals surface area contributed by atoms with E-state index in [1.165, 1.54) is 7.11 Å². The summed E-state index contributed by atoms with van der Waals surface area (Å²) < 4.78 is 12.8. The van der Waals surface area contributed by atoms with Crippen molar-refractivity contribution in [2.24, 2.45) is 0 Å². The molecule has 0 saturated heterocycles. The molecule has 5 heteroatoms. The normalized spacial score (nSPS) is 11.0. The molecule has 0 N–H and O–H groups in total. The number of carbonyl (C=O) groups is 1. The van der Waals surface area contributed by atoms with Gasteiger partial charge in [-0.2, -0.15) is 0 Å². The molecule has 1 heterocycles. The average Bonchev–Trinajstić information content (AvgIpc) is 3.21. The second-order valence-electron chi connectivity index (χ2n) is 7.58. The van der Waals surface area contributed by atoms with Crippen LogP contribution in [0.3, 0.4) is 0 Å². The molecule has 5 aromatic rings. The summed E-state index contributed by atoms with van der Waals surface area (Å²) >= 11 is 0. The van der Waals surface area contributed by atoms with E-state index in [2.05, 4.69) is 12.1 Å². The van der Waals surface area contributed by atoms with Crippen molar-refractivity contribution in [2.75, 3.05) is 7.11 Å². The van der Waals surface area contributed by atoms with E-state index < -0.39 is 0 Å². The first-order chi connectivity index (χ1) is 15.7. The second kappa shape index (κ2) is 8.55. The number of methoxy groups -OCH3 is 1. The monoisotopic (exact) mass is 422 g/mol. The molecular formula is C27H22N2O3. The number of esters is 1. The lowest BCUT2D eigenvalue weighted by Gasteiger charge is -2.10. The molecule has 0 amide bonds. The first kappa shape index (κ1) is 19.8. The summed E-state index contributed by atoms with van der Waals surface area (Å²) in [5.41, 5.74) is 3.82. The standard InChI is InChI=1S/C27H22N2O3/c1-31-26(30)17-29-25-10-6-5-9-24(25)28-27(29)22-12-11-21-16-23(14-13-20(21)15-22)32-18-19-7-3-2-4-8-19/h2-16H,17-18H2,1H3. The van der Waals surface area contributed by atoms with Gasteiger partial charge in [0.2, 0.25) is 0 Å². The third kappa shape index (κ3) is 3.93. The van der Waals surface area contributed by atoms with Gasteiger partial charge in [0.15, 0.2) is 0 Å². The van der Waals surface area contributed by atoms with E-state index in [4.69, 9.17) is 14.5 Å². The zero-order chi connectivity index (χ0) is 21.9. The van der Waals surface area contributed by atoms with Gasteiger partial charge in [0.1, 0.15) is 24.7 Å². The molecule has 4 aromatic carbocycles. The Morgan fingerprint density at radius 2 is 1.62 bits per heavy atom. The van der Waals surface area contributed by atoms with Crippen molar-refractivity contribution in [3.8, 4) is 17.1 Å². The van der Waals surface area contributed by atoms with Gasteiger partial charge in [0.05, 0.1) is 18.1 Å². The molecule has 0 unspecified atom stereocenters. The van der Waals surface area contributed by atoms with Crippen LogP contribution in [0, 0.1) is 0 Å². The summed E-state index contributed by atoms with van der Waals surface area (Å²) in [6.45, 7) is 0.638. The van der Waals surface area contributed by atoms with Gasteiger partial charge >= 0.3 is 5.97 Å². The summed E-state index contributed by atoms with van der Waals surface area (Å²) in [6.07, 6.45) is 0. The molecule has 0 bridgehead atoms. The van der Waals surface area contributed by atoms with E-state index >= 15 is 0 Å². The van der Waals surface area contributed by atoms with Crippen molar-refractivity contribution >= 4 is 27.8 Å². The lowest BCUT2D eigenvalue weighted by atomic mass is 10.1. The highest BCUT2D eigenvalue weighted by molar-refractivity contribution is 5.89. The fourth-order valence-electron chi connectivity index (χ4n) is 3.84. The number of carbonyl (C=O) groups excluding carboxylic acids is 1. The van der Waals surface area contributed by atoms with Crippen molar-refractivity contribution in [2.45, 2.75) is 13.2 Å². The van der Waals surface area contributed by atoms with Gasteiger partial charge in [-0.25, -0.2) is 4.98 Å². The molecule has 0 fully saturated rings. The topological polar surface area (TPSA) is 53.4 Å². The first-order valence-electron chi connectivity index (χ1n) is 10.4. The van der Waals surface area contributed by atoms with E-state index in [0.717, 1.165) is 44.5 Å². The number of nitrogens with zero attached hydrogens (tertiary/aromatic N) is 2. The van der Waals surface area contributed by atoms with Gasteiger partial charge in [0, 0.05) is 5.56 Å². The van der Waals surface area contributed by atoms with E-state index in [1.807, 2.05) is 83.4 Å². The van der Waals surface area contributed by atoms with Crippen molar-refractivity contribution in [1.82, 2.24) is 9.55 Å². The number of aromatic nitrogens is 2. The SMILES string of the molecule is COC(=O)Cn1c(-c2ccc3cc(OCc4ccccc4)ccc3c2)nc2ccccc21. The maximum Gasteiger partial charge on any atom is 0.325 e. The van der Waals surface area contributed by atoms with Gasteiger partial charge < -0.3 is 14.0 Å². The number of para-hydroxylation sites is 2. The molecule has 1 aromatic heterocycles. The highest BCUT2D eigenvalue weighted by Crippen LogP contribution is 2.29.